The van der Waals surface area contributed by atoms with Crippen LogP contribution in [0.3, 0.4) is 0 Å². The Balaban J connectivity index is 0.00000225. The lowest BCUT2D eigenvalue weighted by Gasteiger charge is -2.42. The van der Waals surface area contributed by atoms with E-state index in [1.165, 1.54) is 19.3 Å². The third-order valence-corrected chi connectivity index (χ3v) is 3.30. The number of ether oxygens (including phenoxy) is 1. The van der Waals surface area contributed by atoms with Gasteiger partial charge in [-0.05, 0) is 31.6 Å². The van der Waals surface area contributed by atoms with Gasteiger partial charge in [0.05, 0.1) is 6.04 Å². The Kier molecular flexibility index (Phi) is 6.95. The van der Waals surface area contributed by atoms with Gasteiger partial charge in [0.2, 0.25) is 5.91 Å². The molecule has 1 rings (SSSR count). The van der Waals surface area contributed by atoms with Gasteiger partial charge in [-0.3, -0.25) is 4.79 Å². The summed E-state index contributed by atoms with van der Waals surface area (Å²) >= 11 is 0. The van der Waals surface area contributed by atoms with E-state index in [4.69, 9.17) is 10.5 Å². The fourth-order valence-corrected chi connectivity index (χ4v) is 1.95. The first-order valence-corrected chi connectivity index (χ1v) is 5.62. The predicted octanol–water partition coefficient (Wildman–Crippen LogP) is 1.08. The average Bonchev–Trinajstić information content (AvgIpc) is 2.15. The van der Waals surface area contributed by atoms with Crippen LogP contribution in [0.2, 0.25) is 0 Å². The maximum absolute atomic E-state index is 11.3. The minimum Gasteiger partial charge on any atom is -0.385 e. The lowest BCUT2D eigenvalue weighted by molar-refractivity contribution is -0.123. The Morgan fingerprint density at radius 2 is 2.19 bits per heavy atom. The zero-order chi connectivity index (χ0) is 11.3. The largest absolute Gasteiger partial charge is 0.385 e. The second-order valence-corrected chi connectivity index (χ2v) is 4.60. The summed E-state index contributed by atoms with van der Waals surface area (Å²) in [6.45, 7) is 3.22. The lowest BCUT2D eigenvalue weighted by Crippen LogP contribution is -2.47. The van der Waals surface area contributed by atoms with E-state index in [0.717, 1.165) is 19.6 Å². The molecule has 1 aliphatic rings. The molecule has 1 atom stereocenters. The Morgan fingerprint density at radius 3 is 2.56 bits per heavy atom. The number of rotatable bonds is 6. The van der Waals surface area contributed by atoms with Gasteiger partial charge in [0.1, 0.15) is 0 Å². The van der Waals surface area contributed by atoms with Crippen LogP contribution in [-0.4, -0.2) is 32.2 Å². The van der Waals surface area contributed by atoms with Crippen LogP contribution < -0.4 is 11.1 Å². The summed E-state index contributed by atoms with van der Waals surface area (Å²) in [5, 5.41) is 2.91. The number of nitrogens with two attached hydrogens (primary N) is 1. The Hall–Kier alpha value is -0.320. The van der Waals surface area contributed by atoms with E-state index in [2.05, 4.69) is 5.32 Å². The van der Waals surface area contributed by atoms with Crippen molar-refractivity contribution < 1.29 is 9.53 Å². The molecule has 0 radical (unpaired) electrons. The fraction of sp³-hybridized carbons (Fsp3) is 0.909. The normalized spacial score (nSPS) is 19.2. The third kappa shape index (κ3) is 4.28. The number of carbonyl (C=O) groups is 1. The molecule has 0 aromatic heterocycles. The number of carbonyl (C=O) groups excluding carboxylic acids is 1. The van der Waals surface area contributed by atoms with Crippen LogP contribution >= 0.6 is 12.4 Å². The number of hydrogen-bond donors (Lipinski definition) is 2. The molecule has 1 amide bonds. The maximum Gasteiger partial charge on any atom is 0.236 e. The monoisotopic (exact) mass is 250 g/mol. The van der Waals surface area contributed by atoms with E-state index in [0.29, 0.717) is 0 Å². The van der Waals surface area contributed by atoms with Crippen molar-refractivity contribution >= 4 is 18.3 Å². The summed E-state index contributed by atoms with van der Waals surface area (Å²) < 4.78 is 5.09. The molecule has 0 spiro atoms. The molecule has 0 heterocycles. The molecule has 1 aliphatic carbocycles. The number of hydrogen-bond acceptors (Lipinski definition) is 3. The van der Waals surface area contributed by atoms with E-state index in [9.17, 15) is 4.79 Å². The van der Waals surface area contributed by atoms with Gasteiger partial charge < -0.3 is 15.8 Å². The second kappa shape index (κ2) is 7.09. The van der Waals surface area contributed by atoms with Crippen molar-refractivity contribution in [2.75, 3.05) is 20.3 Å². The highest BCUT2D eigenvalue weighted by Crippen LogP contribution is 2.43. The smallest absolute Gasteiger partial charge is 0.236 e. The van der Waals surface area contributed by atoms with E-state index >= 15 is 0 Å². The fourth-order valence-electron chi connectivity index (χ4n) is 1.95. The van der Waals surface area contributed by atoms with E-state index in [-0.39, 0.29) is 23.7 Å². The minimum atomic E-state index is -0.412. The van der Waals surface area contributed by atoms with Gasteiger partial charge in [0.15, 0.2) is 0 Å². The van der Waals surface area contributed by atoms with Crippen LogP contribution in [0.15, 0.2) is 0 Å². The summed E-state index contributed by atoms with van der Waals surface area (Å²) in [5.41, 5.74) is 5.77. The van der Waals surface area contributed by atoms with Gasteiger partial charge in [-0.15, -0.1) is 12.4 Å². The highest BCUT2D eigenvalue weighted by Gasteiger charge is 2.36. The zero-order valence-electron chi connectivity index (χ0n) is 10.1. The van der Waals surface area contributed by atoms with Gasteiger partial charge in [-0.25, -0.2) is 0 Å². The van der Waals surface area contributed by atoms with E-state index in [1.807, 2.05) is 0 Å². The Bertz CT molecular complexity index is 218. The molecule has 0 aromatic carbocycles. The van der Waals surface area contributed by atoms with Gasteiger partial charge in [-0.1, -0.05) is 6.42 Å². The summed E-state index contributed by atoms with van der Waals surface area (Å²) in [7, 11) is 1.72. The minimum absolute atomic E-state index is 0. The van der Waals surface area contributed by atoms with Crippen LogP contribution in [-0.2, 0) is 9.53 Å². The van der Waals surface area contributed by atoms with Crippen molar-refractivity contribution in [3.8, 4) is 0 Å². The van der Waals surface area contributed by atoms with Crippen LogP contribution in [0.1, 0.15) is 32.6 Å². The quantitative estimate of drug-likeness (QED) is 0.742. The van der Waals surface area contributed by atoms with E-state index in [1.54, 1.807) is 14.0 Å². The molecule has 1 unspecified atom stereocenters. The third-order valence-electron chi connectivity index (χ3n) is 3.30. The average molecular weight is 251 g/mol. The molecule has 96 valence electrons. The lowest BCUT2D eigenvalue weighted by atomic mass is 9.66. The van der Waals surface area contributed by atoms with Crippen molar-refractivity contribution in [1.29, 1.82) is 0 Å². The van der Waals surface area contributed by atoms with Gasteiger partial charge in [0, 0.05) is 20.3 Å². The SMILES string of the molecule is COCCC1(CNC(=O)C(C)N)CCC1.Cl. The molecule has 4 nitrogen and oxygen atoms in total. The summed E-state index contributed by atoms with van der Waals surface area (Å²) in [6.07, 6.45) is 4.67. The predicted molar refractivity (Wildman–Crippen MR) is 66.7 cm³/mol. The first kappa shape index (κ1) is 15.7. The Morgan fingerprint density at radius 1 is 1.56 bits per heavy atom. The van der Waals surface area contributed by atoms with Crippen LogP contribution in [0, 0.1) is 5.41 Å². The van der Waals surface area contributed by atoms with Crippen LogP contribution in [0.4, 0.5) is 0 Å². The second-order valence-electron chi connectivity index (χ2n) is 4.60. The first-order chi connectivity index (χ1) is 7.09. The summed E-state index contributed by atoms with van der Waals surface area (Å²) in [4.78, 5) is 11.3. The van der Waals surface area contributed by atoms with Gasteiger partial charge >= 0.3 is 0 Å². The molecule has 16 heavy (non-hydrogen) atoms. The summed E-state index contributed by atoms with van der Waals surface area (Å²) in [6, 6.07) is -0.412. The topological polar surface area (TPSA) is 64.3 Å². The zero-order valence-corrected chi connectivity index (χ0v) is 10.9. The van der Waals surface area contributed by atoms with Crippen molar-refractivity contribution in [3.05, 3.63) is 0 Å². The molecular weight excluding hydrogens is 228 g/mol. The van der Waals surface area contributed by atoms with E-state index < -0.39 is 6.04 Å². The number of halogens is 1. The molecule has 5 heteroatoms. The van der Waals surface area contributed by atoms with Gasteiger partial charge in [-0.2, -0.15) is 0 Å². The molecule has 3 N–H and O–H groups in total. The number of methoxy groups -OCH3 is 1. The molecule has 0 bridgehead atoms. The van der Waals surface area contributed by atoms with Crippen molar-refractivity contribution in [2.45, 2.75) is 38.6 Å². The molecule has 1 fully saturated rings. The summed E-state index contributed by atoms with van der Waals surface area (Å²) in [5.74, 6) is -0.0568. The first-order valence-electron chi connectivity index (χ1n) is 5.62. The van der Waals surface area contributed by atoms with Crippen LogP contribution in [0.25, 0.3) is 0 Å². The van der Waals surface area contributed by atoms with Crippen LogP contribution in [0.5, 0.6) is 0 Å². The molecule has 0 saturated heterocycles. The molecular formula is C11H23ClN2O2. The van der Waals surface area contributed by atoms with Crippen molar-refractivity contribution in [3.63, 3.8) is 0 Å². The van der Waals surface area contributed by atoms with Crippen molar-refractivity contribution in [1.82, 2.24) is 5.32 Å². The molecule has 1 saturated carbocycles. The standard InChI is InChI=1S/C11H22N2O2.ClH/c1-9(12)10(14)13-8-11(4-3-5-11)6-7-15-2;/h9H,3-8,12H2,1-2H3,(H,13,14);1H. The number of nitrogens with one attached hydrogen (secondary N) is 1. The molecule has 0 aliphatic heterocycles. The Labute approximate surface area is 104 Å². The molecule has 0 aromatic rings. The number of amides is 1. The maximum atomic E-state index is 11.3. The van der Waals surface area contributed by atoms with Gasteiger partial charge in [0.25, 0.3) is 0 Å². The highest BCUT2D eigenvalue weighted by atomic mass is 35.5. The van der Waals surface area contributed by atoms with Crippen molar-refractivity contribution in [2.24, 2.45) is 11.1 Å². The highest BCUT2D eigenvalue weighted by molar-refractivity contribution is 5.85.